The molecule has 0 atom stereocenters. The molecule has 0 saturated carbocycles. The molecular weight excluding hydrogens is 376 g/mol. The van der Waals surface area contributed by atoms with Crippen molar-refractivity contribution in [2.24, 2.45) is 0 Å². The number of benzene rings is 2. The van der Waals surface area contributed by atoms with Gasteiger partial charge in [0.15, 0.2) is 0 Å². The van der Waals surface area contributed by atoms with Crippen molar-refractivity contribution in [3.05, 3.63) is 77.5 Å². The summed E-state index contributed by atoms with van der Waals surface area (Å²) in [5.41, 5.74) is 6.69. The van der Waals surface area contributed by atoms with Crippen LogP contribution in [0.25, 0.3) is 0 Å². The Hall–Kier alpha value is -3.12. The van der Waals surface area contributed by atoms with Crippen LogP contribution >= 0.6 is 0 Å². The number of hydrogen-bond donors (Lipinski definition) is 2. The van der Waals surface area contributed by atoms with E-state index in [-0.39, 0.29) is 18.2 Å². The summed E-state index contributed by atoms with van der Waals surface area (Å²) in [5, 5.41) is 1.50. The summed E-state index contributed by atoms with van der Waals surface area (Å²) in [6.45, 7) is 6.42. The Bertz CT molecular complexity index is 933. The van der Waals surface area contributed by atoms with Crippen molar-refractivity contribution >= 4 is 17.5 Å². The highest BCUT2D eigenvalue weighted by atomic mass is 16.2. The summed E-state index contributed by atoms with van der Waals surface area (Å²) < 4.78 is 0. The van der Waals surface area contributed by atoms with Gasteiger partial charge >= 0.3 is 0 Å². The molecule has 2 aromatic carbocycles. The van der Waals surface area contributed by atoms with Crippen LogP contribution < -0.4 is 15.3 Å². The van der Waals surface area contributed by atoms with Gasteiger partial charge in [0.1, 0.15) is 5.70 Å². The third-order valence-electron chi connectivity index (χ3n) is 5.92. The normalized spacial score (nSPS) is 17.5. The monoisotopic (exact) mass is 405 g/mol. The van der Waals surface area contributed by atoms with E-state index in [1.165, 1.54) is 15.5 Å². The molecule has 6 heteroatoms. The number of nitrogens with one attached hydrogen (secondary N) is 2. The Morgan fingerprint density at radius 2 is 1.73 bits per heavy atom. The number of anilines is 1. The fourth-order valence-electron chi connectivity index (χ4n) is 4.07. The zero-order valence-corrected chi connectivity index (χ0v) is 17.4. The van der Waals surface area contributed by atoms with Crippen molar-refractivity contribution in [2.45, 2.75) is 19.8 Å². The number of quaternary nitrogens is 1. The molecule has 0 bridgehead atoms. The lowest BCUT2D eigenvalue weighted by molar-refractivity contribution is -0.903. The molecule has 2 aliphatic heterocycles. The number of para-hydroxylation sites is 1. The number of nitrogens with zero attached hydrogens (tertiary/aromatic N) is 2. The first kappa shape index (κ1) is 20.2. The van der Waals surface area contributed by atoms with Crippen LogP contribution in [0.15, 0.2) is 66.4 Å². The van der Waals surface area contributed by atoms with Crippen LogP contribution in [0, 0.1) is 6.92 Å². The van der Waals surface area contributed by atoms with Crippen LogP contribution in [0.2, 0.25) is 0 Å². The molecule has 0 spiro atoms. The minimum atomic E-state index is -0.0592. The molecular formula is C24H29N4O2+. The first-order valence-electron chi connectivity index (χ1n) is 10.6. The maximum atomic E-state index is 13.1. The number of amides is 2. The molecule has 2 aromatic rings. The van der Waals surface area contributed by atoms with Crippen LogP contribution in [0.1, 0.15) is 17.5 Å². The Morgan fingerprint density at radius 3 is 2.47 bits per heavy atom. The van der Waals surface area contributed by atoms with Gasteiger partial charge in [-0.25, -0.2) is 5.01 Å². The van der Waals surface area contributed by atoms with Crippen LogP contribution in [0.5, 0.6) is 0 Å². The highest BCUT2D eigenvalue weighted by Crippen LogP contribution is 2.22. The number of carbonyl (C=O) groups is 2. The van der Waals surface area contributed by atoms with Gasteiger partial charge in [-0.3, -0.25) is 15.0 Å². The molecule has 1 fully saturated rings. The average molecular weight is 406 g/mol. The summed E-state index contributed by atoms with van der Waals surface area (Å²) in [6.07, 6.45) is 3.00. The second kappa shape index (κ2) is 9.13. The molecule has 0 unspecified atom stereocenters. The first-order valence-corrected chi connectivity index (χ1v) is 10.6. The number of carbonyl (C=O) groups excluding carboxylic acids is 2. The van der Waals surface area contributed by atoms with E-state index in [1.807, 2.05) is 42.2 Å². The van der Waals surface area contributed by atoms with Gasteiger partial charge in [0.25, 0.3) is 5.91 Å². The molecule has 6 nitrogen and oxygen atoms in total. The van der Waals surface area contributed by atoms with Crippen molar-refractivity contribution < 1.29 is 14.5 Å². The second-order valence-electron chi connectivity index (χ2n) is 7.98. The molecule has 156 valence electrons. The molecule has 1 saturated heterocycles. The Kier molecular flexibility index (Phi) is 6.14. The molecule has 0 aliphatic carbocycles. The predicted octanol–water partition coefficient (Wildman–Crippen LogP) is 1.09. The van der Waals surface area contributed by atoms with Gasteiger partial charge in [-0.15, -0.1) is 0 Å². The summed E-state index contributed by atoms with van der Waals surface area (Å²) in [5.74, 6) is -0.0841. The zero-order valence-electron chi connectivity index (χ0n) is 17.4. The van der Waals surface area contributed by atoms with Gasteiger partial charge in [0.05, 0.1) is 38.4 Å². The third-order valence-corrected chi connectivity index (χ3v) is 5.92. The quantitative estimate of drug-likeness (QED) is 0.783. The Balaban J connectivity index is 1.33. The van der Waals surface area contributed by atoms with E-state index in [1.54, 1.807) is 6.08 Å². The lowest BCUT2D eigenvalue weighted by atomic mass is 10.1. The van der Waals surface area contributed by atoms with Gasteiger partial charge in [-0.05, 0) is 30.2 Å². The number of aryl methyl sites for hydroxylation is 1. The molecule has 0 radical (unpaired) electrons. The van der Waals surface area contributed by atoms with Gasteiger partial charge in [0, 0.05) is 12.8 Å². The molecule has 2 N–H and O–H groups in total. The molecule has 2 heterocycles. The van der Waals surface area contributed by atoms with Gasteiger partial charge in [-0.1, -0.05) is 48.5 Å². The fourth-order valence-corrected chi connectivity index (χ4v) is 4.07. The Labute approximate surface area is 177 Å². The highest BCUT2D eigenvalue weighted by Gasteiger charge is 2.30. The maximum absolute atomic E-state index is 13.1. The van der Waals surface area contributed by atoms with Crippen molar-refractivity contribution in [3.8, 4) is 0 Å². The molecule has 2 amide bonds. The SMILES string of the molecule is Cc1ccccc1N1NC(C(=O)N2CC[NH+](CCc3ccccc3)CC2)=CCC1=O. The lowest BCUT2D eigenvalue weighted by Gasteiger charge is -2.35. The summed E-state index contributed by atoms with van der Waals surface area (Å²) in [6, 6.07) is 18.2. The summed E-state index contributed by atoms with van der Waals surface area (Å²) >= 11 is 0. The van der Waals surface area contributed by atoms with Crippen LogP contribution in [-0.2, 0) is 16.0 Å². The molecule has 4 rings (SSSR count). The lowest BCUT2D eigenvalue weighted by Crippen LogP contribution is -3.15. The summed E-state index contributed by atoms with van der Waals surface area (Å²) in [4.78, 5) is 28.9. The molecule has 0 aromatic heterocycles. The van der Waals surface area contributed by atoms with E-state index < -0.39 is 0 Å². The number of rotatable bonds is 5. The number of hydrazine groups is 1. The van der Waals surface area contributed by atoms with Gasteiger partial charge < -0.3 is 9.80 Å². The second-order valence-corrected chi connectivity index (χ2v) is 7.98. The zero-order chi connectivity index (χ0) is 20.9. The van der Waals surface area contributed by atoms with Crippen molar-refractivity contribution in [1.82, 2.24) is 10.3 Å². The van der Waals surface area contributed by atoms with E-state index in [9.17, 15) is 9.59 Å². The Morgan fingerprint density at radius 1 is 1.03 bits per heavy atom. The maximum Gasteiger partial charge on any atom is 0.271 e. The van der Waals surface area contributed by atoms with Crippen LogP contribution in [-0.4, -0.2) is 49.4 Å². The highest BCUT2D eigenvalue weighted by molar-refractivity contribution is 6.01. The largest absolute Gasteiger partial charge is 0.332 e. The van der Waals surface area contributed by atoms with E-state index in [4.69, 9.17) is 0 Å². The standard InChI is InChI=1S/C24H28N4O2/c1-19-7-5-6-10-22(19)28-23(29)12-11-21(25-28)24(30)27-17-15-26(16-18-27)14-13-20-8-3-2-4-9-20/h2-11,25H,12-18H2,1H3/p+1. The smallest absolute Gasteiger partial charge is 0.271 e. The number of piperazine rings is 1. The predicted molar refractivity (Wildman–Crippen MR) is 117 cm³/mol. The van der Waals surface area contributed by atoms with E-state index in [0.717, 1.165) is 50.4 Å². The number of hydrogen-bond acceptors (Lipinski definition) is 3. The molecule has 30 heavy (non-hydrogen) atoms. The van der Waals surface area contributed by atoms with Crippen LogP contribution in [0.3, 0.4) is 0 Å². The third kappa shape index (κ3) is 4.54. The van der Waals surface area contributed by atoms with Crippen molar-refractivity contribution in [1.29, 1.82) is 0 Å². The van der Waals surface area contributed by atoms with E-state index in [2.05, 4.69) is 29.7 Å². The fraction of sp³-hybridized carbons (Fsp3) is 0.333. The van der Waals surface area contributed by atoms with Crippen LogP contribution in [0.4, 0.5) is 5.69 Å². The average Bonchev–Trinajstić information content (AvgIpc) is 2.79. The van der Waals surface area contributed by atoms with E-state index in [0.29, 0.717) is 5.70 Å². The van der Waals surface area contributed by atoms with Crippen molar-refractivity contribution in [2.75, 3.05) is 37.7 Å². The van der Waals surface area contributed by atoms with E-state index >= 15 is 0 Å². The molecule has 2 aliphatic rings. The summed E-state index contributed by atoms with van der Waals surface area (Å²) in [7, 11) is 0. The minimum absolute atomic E-state index is 0.0248. The minimum Gasteiger partial charge on any atom is -0.332 e. The van der Waals surface area contributed by atoms with Gasteiger partial charge in [-0.2, -0.15) is 0 Å². The van der Waals surface area contributed by atoms with Crippen molar-refractivity contribution in [3.63, 3.8) is 0 Å². The first-order chi connectivity index (χ1) is 14.6. The van der Waals surface area contributed by atoms with Gasteiger partial charge in [0.2, 0.25) is 5.91 Å². The topological polar surface area (TPSA) is 57.1 Å².